The third-order valence-electron chi connectivity index (χ3n) is 6.20. The van der Waals surface area contributed by atoms with E-state index in [1.54, 1.807) is 24.3 Å². The molecule has 0 bridgehead atoms. The van der Waals surface area contributed by atoms with Gasteiger partial charge in [-0.2, -0.15) is 0 Å². The molecular formula is C27H29F2N3O5S2. The molecular weight excluding hydrogens is 548 g/mol. The molecule has 2 N–H and O–H groups in total. The minimum Gasteiger partial charge on any atom is -0.492 e. The summed E-state index contributed by atoms with van der Waals surface area (Å²) in [5, 5.41) is 10.1. The maximum absolute atomic E-state index is 13.9. The van der Waals surface area contributed by atoms with Crippen LogP contribution in [0.5, 0.6) is 5.75 Å². The summed E-state index contributed by atoms with van der Waals surface area (Å²) in [6, 6.07) is 8.97. The van der Waals surface area contributed by atoms with E-state index in [0.717, 1.165) is 37.0 Å². The van der Waals surface area contributed by atoms with Crippen molar-refractivity contribution in [2.75, 3.05) is 46.0 Å². The SMILES string of the molecule is O=C(O)CCCCNN1C(=O)/C(=C/c2cc(-c3ccc(F)c(F)c3)ccc2OCCN2CCOCC2)SC1=S. The van der Waals surface area contributed by atoms with Gasteiger partial charge in [-0.3, -0.25) is 14.5 Å². The van der Waals surface area contributed by atoms with Crippen LogP contribution in [-0.2, 0) is 14.3 Å². The molecule has 0 aromatic heterocycles. The molecule has 0 spiro atoms. The highest BCUT2D eigenvalue weighted by atomic mass is 32.2. The number of unbranched alkanes of at least 4 members (excludes halogenated alkanes) is 1. The molecule has 12 heteroatoms. The molecule has 2 fully saturated rings. The van der Waals surface area contributed by atoms with Crippen molar-refractivity contribution in [1.82, 2.24) is 15.3 Å². The predicted octanol–water partition coefficient (Wildman–Crippen LogP) is 4.30. The summed E-state index contributed by atoms with van der Waals surface area (Å²) in [5.74, 6) is -2.53. The van der Waals surface area contributed by atoms with Crippen molar-refractivity contribution >= 4 is 46.3 Å². The number of morpholine rings is 1. The van der Waals surface area contributed by atoms with Crippen LogP contribution in [0, 0.1) is 11.6 Å². The zero-order valence-electron chi connectivity index (χ0n) is 21.2. The second kappa shape index (κ2) is 13.9. The fourth-order valence-corrected chi connectivity index (χ4v) is 5.30. The number of amides is 1. The number of hydrogen-bond acceptors (Lipinski definition) is 8. The summed E-state index contributed by atoms with van der Waals surface area (Å²) in [5.41, 5.74) is 4.68. The number of halogens is 2. The fraction of sp³-hybridized carbons (Fsp3) is 0.370. The lowest BCUT2D eigenvalue weighted by Crippen LogP contribution is -2.41. The van der Waals surface area contributed by atoms with Crippen molar-refractivity contribution in [1.29, 1.82) is 0 Å². The van der Waals surface area contributed by atoms with Crippen LogP contribution in [0.2, 0.25) is 0 Å². The van der Waals surface area contributed by atoms with Gasteiger partial charge in [-0.05, 0) is 54.3 Å². The Morgan fingerprint density at radius 2 is 1.87 bits per heavy atom. The average molecular weight is 578 g/mol. The number of benzene rings is 2. The number of nitrogens with one attached hydrogen (secondary N) is 1. The van der Waals surface area contributed by atoms with Crippen LogP contribution >= 0.6 is 24.0 Å². The molecule has 2 saturated heterocycles. The number of carbonyl (C=O) groups is 2. The number of hydrogen-bond donors (Lipinski definition) is 2. The molecule has 4 rings (SSSR count). The number of carbonyl (C=O) groups excluding carboxylic acids is 1. The number of thiocarbonyl (C=S) groups is 1. The number of carboxylic acid groups (broad SMARTS) is 1. The van der Waals surface area contributed by atoms with Gasteiger partial charge in [0.2, 0.25) is 0 Å². The van der Waals surface area contributed by atoms with Gasteiger partial charge in [0, 0.05) is 38.2 Å². The zero-order chi connectivity index (χ0) is 27.8. The Bertz CT molecular complexity index is 1250. The number of thioether (sulfide) groups is 1. The van der Waals surface area contributed by atoms with Gasteiger partial charge in [-0.25, -0.2) is 19.2 Å². The van der Waals surface area contributed by atoms with Crippen LogP contribution in [0.3, 0.4) is 0 Å². The topological polar surface area (TPSA) is 91.3 Å². The molecule has 2 heterocycles. The highest BCUT2D eigenvalue weighted by Gasteiger charge is 2.32. The summed E-state index contributed by atoms with van der Waals surface area (Å²) in [6.07, 6.45) is 2.79. The Kier molecular flexibility index (Phi) is 10.4. The van der Waals surface area contributed by atoms with Gasteiger partial charge in [-0.1, -0.05) is 36.1 Å². The number of nitrogens with zero attached hydrogens (tertiary/aromatic N) is 2. The van der Waals surface area contributed by atoms with E-state index in [4.69, 9.17) is 26.8 Å². The molecule has 2 aliphatic heterocycles. The normalized spacial score (nSPS) is 17.3. The number of aliphatic carboxylic acids is 1. The molecule has 39 heavy (non-hydrogen) atoms. The Balaban J connectivity index is 1.52. The second-order valence-corrected chi connectivity index (χ2v) is 10.6. The molecule has 2 aromatic carbocycles. The molecule has 2 aromatic rings. The maximum atomic E-state index is 13.9. The highest BCUT2D eigenvalue weighted by Crippen LogP contribution is 2.35. The summed E-state index contributed by atoms with van der Waals surface area (Å²) < 4.78 is 39.2. The largest absolute Gasteiger partial charge is 0.492 e. The first-order chi connectivity index (χ1) is 18.8. The maximum Gasteiger partial charge on any atom is 0.303 e. The fourth-order valence-electron chi connectivity index (χ4n) is 4.09. The highest BCUT2D eigenvalue weighted by molar-refractivity contribution is 8.26. The minimum atomic E-state index is -0.949. The van der Waals surface area contributed by atoms with E-state index in [1.165, 1.54) is 11.1 Å². The van der Waals surface area contributed by atoms with Gasteiger partial charge in [0.05, 0.1) is 18.1 Å². The third kappa shape index (κ3) is 8.05. The van der Waals surface area contributed by atoms with Crippen molar-refractivity contribution in [3.63, 3.8) is 0 Å². The Morgan fingerprint density at radius 3 is 2.62 bits per heavy atom. The van der Waals surface area contributed by atoms with Crippen molar-refractivity contribution in [3.05, 3.63) is 58.5 Å². The van der Waals surface area contributed by atoms with E-state index in [-0.39, 0.29) is 12.3 Å². The number of rotatable bonds is 12. The monoisotopic (exact) mass is 577 g/mol. The molecule has 0 radical (unpaired) electrons. The molecule has 208 valence electrons. The molecule has 2 aliphatic rings. The molecule has 8 nitrogen and oxygen atoms in total. The lowest BCUT2D eigenvalue weighted by atomic mass is 10.0. The van der Waals surface area contributed by atoms with E-state index in [9.17, 15) is 18.4 Å². The van der Waals surface area contributed by atoms with Crippen molar-refractivity contribution in [2.45, 2.75) is 19.3 Å². The lowest BCUT2D eigenvalue weighted by Gasteiger charge is -2.26. The van der Waals surface area contributed by atoms with Gasteiger partial charge in [-0.15, -0.1) is 0 Å². The van der Waals surface area contributed by atoms with E-state index >= 15 is 0 Å². The van der Waals surface area contributed by atoms with E-state index in [2.05, 4.69) is 10.3 Å². The summed E-state index contributed by atoms with van der Waals surface area (Å²) in [4.78, 5) is 26.4. The molecule has 1 amide bonds. The smallest absolute Gasteiger partial charge is 0.303 e. The summed E-state index contributed by atoms with van der Waals surface area (Å²) in [6.45, 7) is 4.56. The number of ether oxygens (including phenoxy) is 2. The molecule has 0 atom stereocenters. The second-order valence-electron chi connectivity index (χ2n) is 8.96. The third-order valence-corrected chi connectivity index (χ3v) is 7.50. The van der Waals surface area contributed by atoms with Gasteiger partial charge >= 0.3 is 5.97 Å². The first-order valence-corrected chi connectivity index (χ1v) is 13.8. The van der Waals surface area contributed by atoms with Crippen molar-refractivity contribution < 1.29 is 33.0 Å². The van der Waals surface area contributed by atoms with Crippen LogP contribution in [0.4, 0.5) is 8.78 Å². The van der Waals surface area contributed by atoms with E-state index in [1.807, 2.05) is 0 Å². The van der Waals surface area contributed by atoms with Crippen LogP contribution in [0.25, 0.3) is 17.2 Å². The molecule has 0 aliphatic carbocycles. The first kappa shape index (κ1) is 29.1. The van der Waals surface area contributed by atoms with E-state index in [0.29, 0.717) is 77.4 Å². The predicted molar refractivity (Wildman–Crippen MR) is 149 cm³/mol. The molecule has 0 saturated carbocycles. The Labute approximate surface area is 234 Å². The van der Waals surface area contributed by atoms with Crippen LogP contribution < -0.4 is 10.2 Å². The number of carboxylic acids is 1. The first-order valence-electron chi connectivity index (χ1n) is 12.6. The Morgan fingerprint density at radius 1 is 1.13 bits per heavy atom. The number of hydrazine groups is 1. The lowest BCUT2D eigenvalue weighted by molar-refractivity contribution is -0.137. The zero-order valence-corrected chi connectivity index (χ0v) is 22.8. The van der Waals surface area contributed by atoms with Gasteiger partial charge in [0.25, 0.3) is 5.91 Å². The summed E-state index contributed by atoms with van der Waals surface area (Å²) >= 11 is 6.51. The molecule has 0 unspecified atom stereocenters. The quantitative estimate of drug-likeness (QED) is 0.218. The standard InChI is InChI=1S/C27H29F2N3O5S2/c28-21-6-4-19(16-22(21)29)18-5-7-23(37-14-11-31-9-12-36-13-10-31)20(15-18)17-24-26(35)32(27(38)39-24)30-8-2-1-3-25(33)34/h4-7,15-17,30H,1-3,8-14H2,(H,33,34)/b24-17-. The van der Waals surface area contributed by atoms with Crippen LogP contribution in [0.1, 0.15) is 24.8 Å². The van der Waals surface area contributed by atoms with Crippen LogP contribution in [0.15, 0.2) is 41.3 Å². The average Bonchev–Trinajstić information content (AvgIpc) is 3.18. The Hall–Kier alpha value is -2.90. The van der Waals surface area contributed by atoms with E-state index < -0.39 is 17.6 Å². The van der Waals surface area contributed by atoms with Gasteiger partial charge < -0.3 is 14.6 Å². The summed E-state index contributed by atoms with van der Waals surface area (Å²) in [7, 11) is 0. The van der Waals surface area contributed by atoms with Crippen molar-refractivity contribution in [2.24, 2.45) is 0 Å². The van der Waals surface area contributed by atoms with Gasteiger partial charge in [0.15, 0.2) is 16.0 Å². The minimum absolute atomic E-state index is 0.0581. The van der Waals surface area contributed by atoms with Crippen molar-refractivity contribution in [3.8, 4) is 16.9 Å². The van der Waals surface area contributed by atoms with Gasteiger partial charge in [0.1, 0.15) is 12.4 Å². The van der Waals surface area contributed by atoms with Crippen LogP contribution in [-0.4, -0.2) is 77.2 Å².